The van der Waals surface area contributed by atoms with E-state index in [0.717, 1.165) is 23.2 Å². The maximum atomic E-state index is 12.6. The van der Waals surface area contributed by atoms with Crippen LogP contribution in [0, 0.1) is 12.3 Å². The number of nitrogens with zero attached hydrogens (tertiary/aromatic N) is 3. The number of halogens is 1. The third-order valence-corrected chi connectivity index (χ3v) is 5.15. The second-order valence-corrected chi connectivity index (χ2v) is 7.53. The van der Waals surface area contributed by atoms with E-state index in [9.17, 15) is 9.59 Å². The van der Waals surface area contributed by atoms with Crippen molar-refractivity contribution in [1.82, 2.24) is 9.78 Å². The lowest BCUT2D eigenvalue weighted by atomic mass is 10.1. The molecule has 3 aromatic rings. The molecule has 9 heteroatoms. The average Bonchev–Trinajstić information content (AvgIpc) is 3.20. The number of ether oxygens (including phenoxy) is 1. The molecule has 1 aliphatic rings. The van der Waals surface area contributed by atoms with Crippen LogP contribution in [0.4, 0.5) is 16.2 Å². The summed E-state index contributed by atoms with van der Waals surface area (Å²) in [4.78, 5) is 26.0. The second kappa shape index (κ2) is 9.07. The Morgan fingerprint density at radius 2 is 2.06 bits per heavy atom. The lowest BCUT2D eigenvalue weighted by Gasteiger charge is -2.17. The summed E-state index contributed by atoms with van der Waals surface area (Å²) in [7, 11) is 0. The van der Waals surface area contributed by atoms with Gasteiger partial charge in [-0.05, 0) is 55.0 Å². The van der Waals surface area contributed by atoms with Crippen molar-refractivity contribution in [3.63, 3.8) is 0 Å². The van der Waals surface area contributed by atoms with Gasteiger partial charge in [0.05, 0.1) is 17.9 Å². The fourth-order valence-electron chi connectivity index (χ4n) is 3.41. The first-order chi connectivity index (χ1) is 15.5. The molecule has 8 nitrogen and oxygen atoms in total. The van der Waals surface area contributed by atoms with Gasteiger partial charge in [-0.15, -0.1) is 0 Å². The molecule has 0 unspecified atom stereocenters. The molecule has 0 radical (unpaired) electrons. The Bertz CT molecular complexity index is 1280. The molecule has 32 heavy (non-hydrogen) atoms. The lowest BCUT2D eigenvalue weighted by molar-refractivity contribution is 0.181. The molecule has 2 N–H and O–H groups in total. The number of benzene rings is 2. The molecule has 2 heterocycles. The van der Waals surface area contributed by atoms with Gasteiger partial charge in [-0.1, -0.05) is 17.7 Å². The molecule has 1 fully saturated rings. The van der Waals surface area contributed by atoms with Crippen LogP contribution >= 0.6 is 11.6 Å². The Hall–Kier alpha value is -3.91. The number of cyclic esters (lactones) is 1. The predicted molar refractivity (Wildman–Crippen MR) is 125 cm³/mol. The topological polar surface area (TPSA) is 100 Å². The van der Waals surface area contributed by atoms with E-state index in [2.05, 4.69) is 10.4 Å². The van der Waals surface area contributed by atoms with Crippen LogP contribution in [0.15, 0.2) is 65.6 Å². The SMILES string of the molecule is Cc1cc(N2CCOC2=O)ccc1-n1ccc(=O)c(/C(=C/C=N)Nc2cccc(Cl)c2)n1. The van der Waals surface area contributed by atoms with Crippen LogP contribution in [0.2, 0.25) is 5.02 Å². The van der Waals surface area contributed by atoms with E-state index < -0.39 is 0 Å². The minimum atomic E-state index is -0.366. The molecule has 1 amide bonds. The number of allylic oxidation sites excluding steroid dienone is 1. The first-order valence-corrected chi connectivity index (χ1v) is 10.2. The van der Waals surface area contributed by atoms with Crippen LogP contribution in [0.5, 0.6) is 0 Å². The van der Waals surface area contributed by atoms with Gasteiger partial charge in [-0.2, -0.15) is 5.10 Å². The minimum absolute atomic E-state index is 0.155. The Kier molecular flexibility index (Phi) is 6.04. The number of rotatable bonds is 6. The summed E-state index contributed by atoms with van der Waals surface area (Å²) in [5.41, 5.74) is 3.25. The van der Waals surface area contributed by atoms with E-state index in [4.69, 9.17) is 21.7 Å². The second-order valence-electron chi connectivity index (χ2n) is 7.09. The summed E-state index contributed by atoms with van der Waals surface area (Å²) in [6, 6.07) is 14.0. The predicted octanol–water partition coefficient (Wildman–Crippen LogP) is 4.25. The van der Waals surface area contributed by atoms with Crippen LogP contribution in [-0.2, 0) is 4.74 Å². The molecule has 162 valence electrons. The van der Waals surface area contributed by atoms with Gasteiger partial charge in [0.15, 0.2) is 5.69 Å². The Labute approximate surface area is 189 Å². The Balaban J connectivity index is 1.70. The van der Waals surface area contributed by atoms with Crippen molar-refractivity contribution in [2.45, 2.75) is 6.92 Å². The quantitative estimate of drug-likeness (QED) is 0.548. The first-order valence-electron chi connectivity index (χ1n) is 9.85. The van der Waals surface area contributed by atoms with E-state index >= 15 is 0 Å². The zero-order valence-corrected chi connectivity index (χ0v) is 18.0. The highest BCUT2D eigenvalue weighted by molar-refractivity contribution is 6.30. The smallest absolute Gasteiger partial charge is 0.414 e. The molecule has 0 bridgehead atoms. The van der Waals surface area contributed by atoms with Crippen molar-refractivity contribution in [3.8, 4) is 5.69 Å². The molecule has 1 saturated heterocycles. The third kappa shape index (κ3) is 4.40. The highest BCUT2D eigenvalue weighted by atomic mass is 35.5. The fourth-order valence-corrected chi connectivity index (χ4v) is 3.60. The first kappa shape index (κ1) is 21.3. The molecule has 2 aromatic carbocycles. The normalized spacial score (nSPS) is 13.8. The van der Waals surface area contributed by atoms with Gasteiger partial charge in [0.25, 0.3) is 0 Å². The van der Waals surface area contributed by atoms with Gasteiger partial charge in [-0.3, -0.25) is 9.69 Å². The van der Waals surface area contributed by atoms with Crippen molar-refractivity contribution >= 4 is 41.0 Å². The number of hydrogen-bond acceptors (Lipinski definition) is 6. The fraction of sp³-hybridized carbons (Fsp3) is 0.130. The molecule has 0 saturated carbocycles. The summed E-state index contributed by atoms with van der Waals surface area (Å²) in [5, 5.41) is 15.7. The van der Waals surface area contributed by atoms with Gasteiger partial charge in [0, 0.05) is 34.9 Å². The highest BCUT2D eigenvalue weighted by Gasteiger charge is 2.24. The summed E-state index contributed by atoms with van der Waals surface area (Å²) in [6.07, 6.45) is 3.76. The van der Waals surface area contributed by atoms with Crippen molar-refractivity contribution in [2.75, 3.05) is 23.4 Å². The number of aromatic nitrogens is 2. The molecule has 0 spiro atoms. The summed E-state index contributed by atoms with van der Waals surface area (Å²) >= 11 is 6.06. The summed E-state index contributed by atoms with van der Waals surface area (Å²) in [5.74, 6) is 0. The van der Waals surface area contributed by atoms with Crippen molar-refractivity contribution in [2.24, 2.45) is 0 Å². The van der Waals surface area contributed by atoms with E-state index in [1.807, 2.05) is 25.1 Å². The van der Waals surface area contributed by atoms with Gasteiger partial charge >= 0.3 is 6.09 Å². The maximum absolute atomic E-state index is 12.6. The number of amides is 1. The Morgan fingerprint density at radius 1 is 1.22 bits per heavy atom. The van der Waals surface area contributed by atoms with E-state index in [1.165, 1.54) is 12.1 Å². The van der Waals surface area contributed by atoms with Crippen molar-refractivity contribution in [1.29, 1.82) is 5.41 Å². The van der Waals surface area contributed by atoms with E-state index in [-0.39, 0.29) is 17.2 Å². The maximum Gasteiger partial charge on any atom is 0.414 e. The van der Waals surface area contributed by atoms with Gasteiger partial charge in [-0.25, -0.2) is 9.48 Å². The van der Waals surface area contributed by atoms with Crippen molar-refractivity contribution < 1.29 is 9.53 Å². The molecule has 4 rings (SSSR count). The number of aryl methyl sites for hydroxylation is 1. The number of nitrogens with one attached hydrogen (secondary N) is 2. The standard InChI is InChI=1S/C23H20ClN5O3/c1-15-13-18(28-11-12-32-23(28)31)5-6-20(15)29-10-8-21(30)22(27-29)19(7-9-25)26-17-4-2-3-16(24)14-17/h2-10,13-14,25-26H,11-12H2,1H3/b19-7-,25-9?. The van der Waals surface area contributed by atoms with Crippen LogP contribution < -0.4 is 15.6 Å². The lowest BCUT2D eigenvalue weighted by Crippen LogP contribution is -2.23. The number of anilines is 2. The third-order valence-electron chi connectivity index (χ3n) is 4.92. The zero-order chi connectivity index (χ0) is 22.7. The highest BCUT2D eigenvalue weighted by Crippen LogP contribution is 2.24. The molecule has 1 aliphatic heterocycles. The van der Waals surface area contributed by atoms with Gasteiger partial charge in [0.1, 0.15) is 6.61 Å². The molecular formula is C23H20ClN5O3. The molecular weight excluding hydrogens is 430 g/mol. The van der Waals surface area contributed by atoms with E-state index in [0.29, 0.717) is 29.6 Å². The van der Waals surface area contributed by atoms with Crippen molar-refractivity contribution in [3.05, 3.63) is 87.3 Å². The summed E-state index contributed by atoms with van der Waals surface area (Å²) < 4.78 is 6.60. The van der Waals surface area contributed by atoms with Crippen LogP contribution in [-0.4, -0.2) is 35.2 Å². The summed E-state index contributed by atoms with van der Waals surface area (Å²) in [6.45, 7) is 2.77. The van der Waals surface area contributed by atoms with Gasteiger partial charge in [0.2, 0.25) is 5.43 Å². The number of carbonyl (C=O) groups is 1. The Morgan fingerprint density at radius 3 is 2.75 bits per heavy atom. The van der Waals surface area contributed by atoms with Crippen LogP contribution in [0.25, 0.3) is 11.4 Å². The number of hydrogen-bond donors (Lipinski definition) is 2. The molecule has 0 atom stereocenters. The number of carbonyl (C=O) groups excluding carboxylic acids is 1. The largest absolute Gasteiger partial charge is 0.447 e. The minimum Gasteiger partial charge on any atom is -0.447 e. The molecule has 1 aromatic heterocycles. The average molecular weight is 450 g/mol. The van der Waals surface area contributed by atoms with E-state index in [1.54, 1.807) is 40.0 Å². The van der Waals surface area contributed by atoms with Gasteiger partial charge < -0.3 is 15.5 Å². The zero-order valence-electron chi connectivity index (χ0n) is 17.2. The van der Waals surface area contributed by atoms with Crippen LogP contribution in [0.1, 0.15) is 11.3 Å². The monoisotopic (exact) mass is 449 g/mol. The molecule has 0 aliphatic carbocycles. The van der Waals surface area contributed by atoms with Crippen LogP contribution in [0.3, 0.4) is 0 Å².